The van der Waals surface area contributed by atoms with Crippen LogP contribution in [0.3, 0.4) is 0 Å². The Kier molecular flexibility index (Phi) is 4.48. The van der Waals surface area contributed by atoms with E-state index >= 15 is 0 Å². The number of aryl methyl sites for hydroxylation is 1. The zero-order valence-corrected chi connectivity index (χ0v) is 13.0. The van der Waals surface area contributed by atoms with E-state index in [1.54, 1.807) is 13.0 Å². The van der Waals surface area contributed by atoms with E-state index in [2.05, 4.69) is 0 Å². The van der Waals surface area contributed by atoms with E-state index in [0.29, 0.717) is 10.9 Å². The highest BCUT2D eigenvalue weighted by atomic mass is 16.7. The van der Waals surface area contributed by atoms with Gasteiger partial charge in [-0.15, -0.1) is 0 Å². The van der Waals surface area contributed by atoms with Gasteiger partial charge in [0, 0.05) is 17.5 Å². The second kappa shape index (κ2) is 6.45. The predicted molar refractivity (Wildman–Crippen MR) is 79.5 cm³/mol. The van der Waals surface area contributed by atoms with Crippen LogP contribution < -0.4 is 15.5 Å². The number of benzene rings is 1. The molecule has 9 nitrogen and oxygen atoms in total. The maximum absolute atomic E-state index is 11.4. The highest BCUT2D eigenvalue weighted by Crippen LogP contribution is 2.27. The molecule has 0 unspecified atom stereocenters. The molecule has 0 amide bonds. The van der Waals surface area contributed by atoms with Gasteiger partial charge in [-0.2, -0.15) is 0 Å². The number of hydrogen-bond acceptors (Lipinski definition) is 9. The maximum Gasteiger partial charge on any atom is 0.336 e. The molecule has 9 heteroatoms. The summed E-state index contributed by atoms with van der Waals surface area (Å²) in [5, 5.41) is 40.9. The molecule has 3 N–H and O–H groups in total. The summed E-state index contributed by atoms with van der Waals surface area (Å²) >= 11 is 0. The van der Waals surface area contributed by atoms with Crippen molar-refractivity contribution in [3.63, 3.8) is 0 Å². The van der Waals surface area contributed by atoms with Crippen LogP contribution in [0, 0.1) is 6.92 Å². The van der Waals surface area contributed by atoms with Gasteiger partial charge in [0.05, 0.1) is 5.97 Å². The molecule has 1 aromatic carbocycles. The smallest absolute Gasteiger partial charge is 0.336 e. The summed E-state index contributed by atoms with van der Waals surface area (Å²) in [5.41, 5.74) is 0.374. The molecule has 0 aliphatic carbocycles. The minimum atomic E-state index is -1.87. The predicted octanol–water partition coefficient (Wildman–Crippen LogP) is -1.96. The highest BCUT2D eigenvalue weighted by molar-refractivity contribution is 5.81. The molecule has 25 heavy (non-hydrogen) atoms. The number of aliphatic hydroxyl groups excluding tert-OH is 3. The Morgan fingerprint density at radius 1 is 1.16 bits per heavy atom. The number of aliphatic carboxylic acids is 1. The number of fused-ring (bicyclic) bond motifs is 1. The lowest BCUT2D eigenvalue weighted by Gasteiger charge is -2.40. The molecule has 0 radical (unpaired) electrons. The van der Waals surface area contributed by atoms with Gasteiger partial charge in [-0.1, -0.05) is 0 Å². The first-order valence-electron chi connectivity index (χ1n) is 7.39. The fraction of sp³-hybridized carbons (Fsp3) is 0.375. The van der Waals surface area contributed by atoms with Crippen molar-refractivity contribution in [3.8, 4) is 5.75 Å². The Balaban J connectivity index is 1.89. The van der Waals surface area contributed by atoms with E-state index < -0.39 is 42.3 Å². The molecule has 0 bridgehead atoms. The van der Waals surface area contributed by atoms with Crippen molar-refractivity contribution in [2.45, 2.75) is 37.6 Å². The third kappa shape index (κ3) is 3.22. The van der Waals surface area contributed by atoms with E-state index in [1.165, 1.54) is 18.2 Å². The molecule has 3 rings (SSSR count). The molecule has 2 aromatic rings. The van der Waals surface area contributed by atoms with Gasteiger partial charge in [-0.3, -0.25) is 0 Å². The number of aliphatic hydroxyl groups is 3. The molecular formula is C16H15O9-. The molecular weight excluding hydrogens is 336 g/mol. The van der Waals surface area contributed by atoms with E-state index in [4.69, 9.17) is 13.9 Å². The minimum Gasteiger partial charge on any atom is -0.547 e. The van der Waals surface area contributed by atoms with Crippen molar-refractivity contribution < 1.29 is 39.1 Å². The van der Waals surface area contributed by atoms with Crippen molar-refractivity contribution >= 4 is 16.9 Å². The van der Waals surface area contributed by atoms with Crippen LogP contribution >= 0.6 is 0 Å². The average molecular weight is 351 g/mol. The molecule has 1 aliphatic heterocycles. The first-order chi connectivity index (χ1) is 11.8. The Bertz CT molecular complexity index is 858. The van der Waals surface area contributed by atoms with Crippen LogP contribution in [0.25, 0.3) is 11.0 Å². The van der Waals surface area contributed by atoms with E-state index in [9.17, 15) is 30.0 Å². The van der Waals surface area contributed by atoms with Gasteiger partial charge in [0.25, 0.3) is 0 Å². The molecule has 0 spiro atoms. The average Bonchev–Trinajstić information content (AvgIpc) is 2.54. The Hall–Kier alpha value is -2.46. The monoisotopic (exact) mass is 351 g/mol. The summed E-state index contributed by atoms with van der Waals surface area (Å²) in [6.07, 6.45) is -8.82. The lowest BCUT2D eigenvalue weighted by molar-refractivity contribution is -0.342. The number of carboxylic acids is 1. The van der Waals surface area contributed by atoms with Gasteiger partial charge in [-0.05, 0) is 24.6 Å². The van der Waals surface area contributed by atoms with Crippen LogP contribution in [-0.4, -0.2) is 52.0 Å². The second-order valence-corrected chi connectivity index (χ2v) is 5.74. The zero-order valence-electron chi connectivity index (χ0n) is 13.0. The number of carbonyl (C=O) groups excluding carboxylic acids is 1. The number of carbonyl (C=O) groups is 1. The number of rotatable bonds is 3. The van der Waals surface area contributed by atoms with E-state index in [0.717, 1.165) is 0 Å². The first-order valence-corrected chi connectivity index (χ1v) is 7.39. The summed E-state index contributed by atoms with van der Waals surface area (Å²) in [5.74, 6) is -1.65. The number of carboxylic acid groups (broad SMARTS) is 1. The standard InChI is InChI=1S/C16H16O9/c1-6-4-10(17)24-9-5-7(2-3-8(6)9)23-16-13(20)11(18)12(19)14(25-16)15(21)22/h2-5,11-14,16,18-20H,1H3,(H,21,22)/p-1/t11-,12-,13+,14-,16+/m0/s1. The Morgan fingerprint density at radius 2 is 1.88 bits per heavy atom. The zero-order chi connectivity index (χ0) is 18.3. The Morgan fingerprint density at radius 3 is 2.56 bits per heavy atom. The molecule has 5 atom stereocenters. The van der Waals surface area contributed by atoms with Crippen molar-refractivity contribution in [1.82, 2.24) is 0 Å². The number of ether oxygens (including phenoxy) is 2. The van der Waals surface area contributed by atoms with Crippen LogP contribution in [0.1, 0.15) is 5.56 Å². The van der Waals surface area contributed by atoms with Crippen molar-refractivity contribution in [3.05, 3.63) is 40.2 Å². The minimum absolute atomic E-state index is 0.103. The first kappa shape index (κ1) is 17.4. The van der Waals surface area contributed by atoms with Gasteiger partial charge in [0.15, 0.2) is 0 Å². The van der Waals surface area contributed by atoms with E-state index in [-0.39, 0.29) is 11.3 Å². The number of hydrogen-bond donors (Lipinski definition) is 3. The molecule has 1 aromatic heterocycles. The van der Waals surface area contributed by atoms with Gasteiger partial charge < -0.3 is 39.1 Å². The molecule has 1 saturated heterocycles. The third-order valence-corrected chi connectivity index (χ3v) is 3.98. The molecule has 134 valence electrons. The fourth-order valence-electron chi connectivity index (χ4n) is 2.65. The van der Waals surface area contributed by atoms with Gasteiger partial charge in [0.2, 0.25) is 6.29 Å². The summed E-state index contributed by atoms with van der Waals surface area (Å²) in [7, 11) is 0. The molecule has 1 fully saturated rings. The van der Waals surface area contributed by atoms with Gasteiger partial charge >= 0.3 is 5.63 Å². The quantitative estimate of drug-likeness (QED) is 0.536. The van der Waals surface area contributed by atoms with Crippen molar-refractivity contribution in [2.24, 2.45) is 0 Å². The van der Waals surface area contributed by atoms with Crippen LogP contribution in [0.4, 0.5) is 0 Å². The van der Waals surface area contributed by atoms with E-state index in [1.807, 2.05) is 0 Å². The molecule has 0 saturated carbocycles. The van der Waals surface area contributed by atoms with Crippen LogP contribution in [0.5, 0.6) is 5.75 Å². The maximum atomic E-state index is 11.4. The largest absolute Gasteiger partial charge is 0.547 e. The van der Waals surface area contributed by atoms with Crippen molar-refractivity contribution in [1.29, 1.82) is 0 Å². The summed E-state index contributed by atoms with van der Waals surface area (Å²) in [4.78, 5) is 22.4. The Labute approximate surface area is 140 Å². The van der Waals surface area contributed by atoms with Crippen LogP contribution in [0.2, 0.25) is 0 Å². The van der Waals surface area contributed by atoms with Gasteiger partial charge in [-0.25, -0.2) is 4.79 Å². The third-order valence-electron chi connectivity index (χ3n) is 3.98. The summed E-state index contributed by atoms with van der Waals surface area (Å²) in [6.45, 7) is 1.73. The van der Waals surface area contributed by atoms with Crippen LogP contribution in [-0.2, 0) is 9.53 Å². The molecule has 1 aliphatic rings. The summed E-state index contributed by atoms with van der Waals surface area (Å²) < 4.78 is 15.4. The molecule has 2 heterocycles. The fourth-order valence-corrected chi connectivity index (χ4v) is 2.65. The second-order valence-electron chi connectivity index (χ2n) is 5.74. The topological polar surface area (TPSA) is 149 Å². The van der Waals surface area contributed by atoms with Crippen molar-refractivity contribution in [2.75, 3.05) is 0 Å². The van der Waals surface area contributed by atoms with Crippen LogP contribution in [0.15, 0.2) is 33.5 Å². The highest BCUT2D eigenvalue weighted by Gasteiger charge is 2.45. The SMILES string of the molecule is Cc1cc(=O)oc2cc(O[C@@H]3O[C@H](C(=O)[O-])[C@@H](O)[C@H](O)[C@H]3O)ccc12. The normalized spacial score (nSPS) is 29.5. The van der Waals surface area contributed by atoms with Gasteiger partial charge in [0.1, 0.15) is 35.7 Å². The lowest BCUT2D eigenvalue weighted by Crippen LogP contribution is -2.63. The summed E-state index contributed by atoms with van der Waals surface area (Å²) in [6, 6.07) is 5.81. The lowest BCUT2D eigenvalue weighted by atomic mass is 9.99.